The minimum absolute atomic E-state index is 0.649. The monoisotopic (exact) mass is 232 g/mol. The Morgan fingerprint density at radius 2 is 2.06 bits per heavy atom. The highest BCUT2D eigenvalue weighted by Gasteiger charge is 2.11. The highest BCUT2D eigenvalue weighted by atomic mass is 32.2. The van der Waals surface area contributed by atoms with Crippen LogP contribution in [0.1, 0.15) is 12.0 Å². The predicted molar refractivity (Wildman–Crippen MR) is 71.1 cm³/mol. The number of rotatable bonds is 2. The summed E-state index contributed by atoms with van der Waals surface area (Å²) < 4.78 is 0. The van der Waals surface area contributed by atoms with E-state index >= 15 is 0 Å². The summed E-state index contributed by atoms with van der Waals surface area (Å²) in [5.74, 6) is 0. The molecule has 0 spiro atoms. The van der Waals surface area contributed by atoms with E-state index in [9.17, 15) is 0 Å². The second kappa shape index (κ2) is 5.32. The Morgan fingerprint density at radius 1 is 1.31 bits per heavy atom. The molecule has 0 fully saturated rings. The number of thioether (sulfide) groups is 1. The van der Waals surface area contributed by atoms with E-state index in [2.05, 4.69) is 18.0 Å². The molecule has 1 aliphatic heterocycles. The summed E-state index contributed by atoms with van der Waals surface area (Å²) in [4.78, 5) is 3.61. The number of nitrogens with zero attached hydrogens (tertiary/aromatic N) is 1. The fraction of sp³-hybridized carbons (Fsp3) is 0.308. The normalized spacial score (nSPS) is 16.9. The molecule has 1 aromatic rings. The SMILES string of the molecule is CN1CC=C(SC(=N)c2ccccc2)CC1. The van der Waals surface area contributed by atoms with Gasteiger partial charge in [-0.25, -0.2) is 0 Å². The zero-order valence-corrected chi connectivity index (χ0v) is 10.3. The van der Waals surface area contributed by atoms with Crippen LogP contribution in [0.4, 0.5) is 0 Å². The minimum atomic E-state index is 0.649. The first-order valence-electron chi connectivity index (χ1n) is 5.45. The molecule has 0 saturated heterocycles. The topological polar surface area (TPSA) is 27.1 Å². The molecule has 1 aliphatic rings. The maximum absolute atomic E-state index is 8.02. The van der Waals surface area contributed by atoms with Crippen LogP contribution in [0.5, 0.6) is 0 Å². The molecule has 0 unspecified atom stereocenters. The van der Waals surface area contributed by atoms with Crippen molar-refractivity contribution in [1.29, 1.82) is 5.41 Å². The lowest BCUT2D eigenvalue weighted by molar-refractivity contribution is 0.364. The molecular weight excluding hydrogens is 216 g/mol. The summed E-state index contributed by atoms with van der Waals surface area (Å²) in [6, 6.07) is 9.92. The average Bonchev–Trinajstić information content (AvgIpc) is 2.33. The molecule has 0 saturated carbocycles. The van der Waals surface area contributed by atoms with Gasteiger partial charge in [0.2, 0.25) is 0 Å². The average molecular weight is 232 g/mol. The van der Waals surface area contributed by atoms with Crippen molar-refractivity contribution >= 4 is 16.8 Å². The van der Waals surface area contributed by atoms with Crippen molar-refractivity contribution in [3.63, 3.8) is 0 Å². The lowest BCUT2D eigenvalue weighted by Gasteiger charge is -2.21. The van der Waals surface area contributed by atoms with Gasteiger partial charge in [-0.2, -0.15) is 0 Å². The van der Waals surface area contributed by atoms with Crippen LogP contribution in [0.25, 0.3) is 0 Å². The third kappa shape index (κ3) is 2.97. The van der Waals surface area contributed by atoms with Gasteiger partial charge in [0.25, 0.3) is 0 Å². The molecule has 16 heavy (non-hydrogen) atoms. The molecule has 0 aliphatic carbocycles. The largest absolute Gasteiger partial charge is 0.302 e. The molecule has 84 valence electrons. The zero-order valence-electron chi connectivity index (χ0n) is 9.44. The summed E-state index contributed by atoms with van der Waals surface area (Å²) in [5, 5.41) is 8.67. The Hall–Kier alpha value is -1.06. The van der Waals surface area contributed by atoms with E-state index in [0.717, 1.165) is 25.1 Å². The van der Waals surface area contributed by atoms with Crippen molar-refractivity contribution in [2.24, 2.45) is 0 Å². The molecule has 0 radical (unpaired) electrons. The van der Waals surface area contributed by atoms with Gasteiger partial charge in [-0.3, -0.25) is 5.41 Å². The summed E-state index contributed by atoms with van der Waals surface area (Å²) >= 11 is 1.59. The van der Waals surface area contributed by atoms with Gasteiger partial charge in [0.15, 0.2) is 0 Å². The maximum Gasteiger partial charge on any atom is 0.0987 e. The number of hydrogen-bond acceptors (Lipinski definition) is 3. The van der Waals surface area contributed by atoms with Crippen LogP contribution in [0, 0.1) is 5.41 Å². The molecule has 3 heteroatoms. The third-order valence-corrected chi connectivity index (χ3v) is 3.71. The third-order valence-electron chi connectivity index (χ3n) is 2.64. The van der Waals surface area contributed by atoms with Crippen LogP contribution >= 0.6 is 11.8 Å². The standard InChI is InChI=1S/C13H16N2S/c1-15-9-7-12(8-10-15)16-13(14)11-5-3-2-4-6-11/h2-7,14H,8-10H2,1H3. The molecule has 1 heterocycles. The molecule has 0 aromatic heterocycles. The minimum Gasteiger partial charge on any atom is -0.302 e. The van der Waals surface area contributed by atoms with Gasteiger partial charge in [-0.15, -0.1) is 0 Å². The number of hydrogen-bond donors (Lipinski definition) is 1. The van der Waals surface area contributed by atoms with Crippen molar-refractivity contribution < 1.29 is 0 Å². The van der Waals surface area contributed by atoms with E-state index in [1.54, 1.807) is 11.8 Å². The van der Waals surface area contributed by atoms with Crippen LogP contribution in [-0.4, -0.2) is 30.1 Å². The van der Waals surface area contributed by atoms with Gasteiger partial charge in [0, 0.05) is 18.7 Å². The van der Waals surface area contributed by atoms with Crippen molar-refractivity contribution in [3.8, 4) is 0 Å². The Labute approximate surface area is 101 Å². The van der Waals surface area contributed by atoms with E-state index in [4.69, 9.17) is 5.41 Å². The van der Waals surface area contributed by atoms with E-state index in [-0.39, 0.29) is 0 Å². The lowest BCUT2D eigenvalue weighted by atomic mass is 10.2. The highest BCUT2D eigenvalue weighted by Crippen LogP contribution is 2.26. The van der Waals surface area contributed by atoms with Gasteiger partial charge >= 0.3 is 0 Å². The van der Waals surface area contributed by atoms with E-state index < -0.39 is 0 Å². The van der Waals surface area contributed by atoms with Crippen molar-refractivity contribution in [1.82, 2.24) is 4.90 Å². The molecule has 2 rings (SSSR count). The fourth-order valence-electron chi connectivity index (χ4n) is 1.62. The quantitative estimate of drug-likeness (QED) is 0.627. The number of likely N-dealkylation sites (N-methyl/N-ethyl adjacent to an activating group) is 1. The smallest absolute Gasteiger partial charge is 0.0987 e. The van der Waals surface area contributed by atoms with Gasteiger partial charge in [-0.1, -0.05) is 48.2 Å². The highest BCUT2D eigenvalue weighted by molar-refractivity contribution is 8.17. The molecular formula is C13H16N2S. The Morgan fingerprint density at radius 3 is 2.69 bits per heavy atom. The van der Waals surface area contributed by atoms with Gasteiger partial charge in [0.1, 0.15) is 0 Å². The van der Waals surface area contributed by atoms with Crippen molar-refractivity contribution in [2.45, 2.75) is 6.42 Å². The second-order valence-corrected chi connectivity index (χ2v) is 5.12. The summed E-state index contributed by atoms with van der Waals surface area (Å²) in [6.45, 7) is 2.10. The van der Waals surface area contributed by atoms with Gasteiger partial charge in [0.05, 0.1) is 5.04 Å². The number of benzene rings is 1. The first-order valence-corrected chi connectivity index (χ1v) is 6.27. The van der Waals surface area contributed by atoms with Crippen LogP contribution in [0.3, 0.4) is 0 Å². The fourth-order valence-corrected chi connectivity index (χ4v) is 2.49. The van der Waals surface area contributed by atoms with Crippen molar-refractivity contribution in [3.05, 3.63) is 46.9 Å². The van der Waals surface area contributed by atoms with E-state index in [0.29, 0.717) is 5.04 Å². The molecule has 2 nitrogen and oxygen atoms in total. The second-order valence-electron chi connectivity index (χ2n) is 3.98. The van der Waals surface area contributed by atoms with Crippen LogP contribution in [0.2, 0.25) is 0 Å². The number of nitrogens with one attached hydrogen (secondary N) is 1. The Balaban J connectivity index is 1.98. The van der Waals surface area contributed by atoms with Crippen LogP contribution < -0.4 is 0 Å². The summed E-state index contributed by atoms with van der Waals surface area (Å²) in [7, 11) is 2.13. The van der Waals surface area contributed by atoms with E-state index in [1.807, 2.05) is 30.3 Å². The summed E-state index contributed by atoms with van der Waals surface area (Å²) in [5.41, 5.74) is 1.01. The molecule has 1 aromatic carbocycles. The van der Waals surface area contributed by atoms with Crippen LogP contribution in [-0.2, 0) is 0 Å². The molecule has 0 amide bonds. The Kier molecular flexibility index (Phi) is 3.80. The molecule has 0 bridgehead atoms. The lowest BCUT2D eigenvalue weighted by Crippen LogP contribution is -2.23. The van der Waals surface area contributed by atoms with Gasteiger partial charge in [-0.05, 0) is 18.4 Å². The van der Waals surface area contributed by atoms with E-state index in [1.165, 1.54) is 4.91 Å². The van der Waals surface area contributed by atoms with Crippen LogP contribution in [0.15, 0.2) is 41.3 Å². The van der Waals surface area contributed by atoms with Gasteiger partial charge < -0.3 is 4.90 Å². The molecule has 1 N–H and O–H groups in total. The predicted octanol–water partition coefficient (Wildman–Crippen LogP) is 2.96. The summed E-state index contributed by atoms with van der Waals surface area (Å²) in [6.07, 6.45) is 3.29. The first-order chi connectivity index (χ1) is 7.75. The van der Waals surface area contributed by atoms with Crippen molar-refractivity contribution in [2.75, 3.05) is 20.1 Å². The molecule has 0 atom stereocenters. The Bertz CT molecular complexity index is 398. The zero-order chi connectivity index (χ0) is 11.4. The maximum atomic E-state index is 8.02. The first kappa shape index (κ1) is 11.4.